The third-order valence-corrected chi connectivity index (χ3v) is 8.34. The first-order chi connectivity index (χ1) is 15.1. The maximum Gasteiger partial charge on any atom is 0.365 e. The van der Waals surface area contributed by atoms with E-state index in [0.717, 1.165) is 23.0 Å². The molecule has 2 bridgehead atoms. The van der Waals surface area contributed by atoms with Crippen LogP contribution in [0.4, 0.5) is 5.69 Å². The number of anilines is 1. The zero-order valence-corrected chi connectivity index (χ0v) is 20.3. The van der Waals surface area contributed by atoms with Gasteiger partial charge in [-0.2, -0.15) is 0 Å². The second kappa shape index (κ2) is 8.03. The van der Waals surface area contributed by atoms with Crippen LogP contribution in [0.5, 0.6) is 5.75 Å². The molecular formula is C25H27BrN2O4. The number of rotatable bonds is 5. The second-order valence-corrected chi connectivity index (χ2v) is 10.2. The van der Waals surface area contributed by atoms with Crippen LogP contribution in [0.3, 0.4) is 0 Å². The topological polar surface area (TPSA) is 77.0 Å². The van der Waals surface area contributed by atoms with E-state index in [0.29, 0.717) is 23.4 Å². The van der Waals surface area contributed by atoms with Crippen LogP contribution in [-0.4, -0.2) is 24.7 Å². The molecule has 2 aromatic carbocycles. The normalized spacial score (nSPS) is 26.7. The SMILES string of the molecule is COc1cccc(NC(=O)C23CCC(C)(/C(=N\OC(=O)c4ccc(Br)cc4)C2)C3(C)C)c1. The predicted octanol–water partition coefficient (Wildman–Crippen LogP) is 5.83. The lowest BCUT2D eigenvalue weighted by Crippen LogP contribution is -2.43. The molecule has 2 saturated carbocycles. The number of carbonyl (C=O) groups is 2. The van der Waals surface area contributed by atoms with Crippen LogP contribution < -0.4 is 10.1 Å². The molecule has 0 aromatic heterocycles. The van der Waals surface area contributed by atoms with Gasteiger partial charge in [-0.3, -0.25) is 4.79 Å². The standard InChI is InChI=1S/C25H27BrN2O4/c1-23(2)24(3)12-13-25(23,22(30)27-18-6-5-7-19(14-18)31-4)15-20(24)28-32-21(29)16-8-10-17(26)11-9-16/h5-11,14H,12-13,15H2,1-4H3,(H,27,30)/b28-20-. The summed E-state index contributed by atoms with van der Waals surface area (Å²) >= 11 is 3.36. The molecule has 0 radical (unpaired) electrons. The molecule has 0 aliphatic heterocycles. The molecule has 2 aliphatic carbocycles. The lowest BCUT2D eigenvalue weighted by Gasteiger charge is -2.39. The van der Waals surface area contributed by atoms with Crippen molar-refractivity contribution in [1.82, 2.24) is 0 Å². The van der Waals surface area contributed by atoms with Gasteiger partial charge < -0.3 is 14.9 Å². The van der Waals surface area contributed by atoms with Crippen LogP contribution in [0.25, 0.3) is 0 Å². The number of ether oxygens (including phenoxy) is 1. The van der Waals surface area contributed by atoms with Crippen molar-refractivity contribution in [3.05, 3.63) is 58.6 Å². The number of carbonyl (C=O) groups excluding carboxylic acids is 2. The van der Waals surface area contributed by atoms with E-state index >= 15 is 0 Å². The number of nitrogens with one attached hydrogen (secondary N) is 1. The Morgan fingerprint density at radius 1 is 1.06 bits per heavy atom. The van der Waals surface area contributed by atoms with Gasteiger partial charge in [0.1, 0.15) is 5.75 Å². The van der Waals surface area contributed by atoms with Crippen LogP contribution in [0.1, 0.15) is 50.4 Å². The van der Waals surface area contributed by atoms with Gasteiger partial charge in [-0.25, -0.2) is 4.79 Å². The number of nitrogens with zero attached hydrogens (tertiary/aromatic N) is 1. The molecule has 32 heavy (non-hydrogen) atoms. The maximum absolute atomic E-state index is 13.6. The monoisotopic (exact) mass is 498 g/mol. The number of hydrogen-bond donors (Lipinski definition) is 1. The highest BCUT2D eigenvalue weighted by atomic mass is 79.9. The number of hydrogen-bond acceptors (Lipinski definition) is 5. The van der Waals surface area contributed by atoms with Crippen molar-refractivity contribution in [3.8, 4) is 5.75 Å². The molecule has 2 unspecified atom stereocenters. The van der Waals surface area contributed by atoms with Crippen LogP contribution in [0, 0.1) is 16.2 Å². The molecule has 4 rings (SSSR count). The molecule has 1 N–H and O–H groups in total. The molecule has 2 aromatic rings. The largest absolute Gasteiger partial charge is 0.497 e. The Labute approximate surface area is 196 Å². The summed E-state index contributed by atoms with van der Waals surface area (Å²) in [6.07, 6.45) is 2.02. The molecule has 1 amide bonds. The van der Waals surface area contributed by atoms with Crippen LogP contribution in [-0.2, 0) is 9.63 Å². The lowest BCUT2D eigenvalue weighted by atomic mass is 9.64. The van der Waals surface area contributed by atoms with Gasteiger partial charge in [-0.1, -0.05) is 47.9 Å². The summed E-state index contributed by atoms with van der Waals surface area (Å²) in [5, 5.41) is 7.37. The molecule has 168 valence electrons. The Balaban J connectivity index is 1.57. The van der Waals surface area contributed by atoms with Gasteiger partial charge in [0.05, 0.1) is 23.8 Å². The minimum atomic E-state index is -0.631. The quantitative estimate of drug-likeness (QED) is 0.415. The van der Waals surface area contributed by atoms with E-state index in [-0.39, 0.29) is 16.7 Å². The number of amides is 1. The third-order valence-electron chi connectivity index (χ3n) is 7.81. The summed E-state index contributed by atoms with van der Waals surface area (Å²) in [6.45, 7) is 6.35. The number of halogens is 1. The molecule has 6 nitrogen and oxygen atoms in total. The fourth-order valence-corrected chi connectivity index (χ4v) is 5.47. The molecule has 0 saturated heterocycles. The van der Waals surface area contributed by atoms with Crippen molar-refractivity contribution in [2.75, 3.05) is 12.4 Å². The fraction of sp³-hybridized carbons (Fsp3) is 0.400. The predicted molar refractivity (Wildman–Crippen MR) is 127 cm³/mol. The minimum Gasteiger partial charge on any atom is -0.497 e. The maximum atomic E-state index is 13.6. The smallest absolute Gasteiger partial charge is 0.365 e. The molecule has 7 heteroatoms. The van der Waals surface area contributed by atoms with Crippen molar-refractivity contribution < 1.29 is 19.2 Å². The van der Waals surface area contributed by atoms with Gasteiger partial charge >= 0.3 is 5.97 Å². The zero-order chi connectivity index (χ0) is 23.1. The molecule has 2 atom stereocenters. The summed E-state index contributed by atoms with van der Waals surface area (Å²) < 4.78 is 6.15. The fourth-order valence-electron chi connectivity index (χ4n) is 5.21. The summed E-state index contributed by atoms with van der Waals surface area (Å²) in [6, 6.07) is 14.3. The Morgan fingerprint density at radius 2 is 1.78 bits per heavy atom. The van der Waals surface area contributed by atoms with Crippen LogP contribution >= 0.6 is 15.9 Å². The third kappa shape index (κ3) is 3.43. The van der Waals surface area contributed by atoms with Gasteiger partial charge in [-0.05, 0) is 54.7 Å². The molecular weight excluding hydrogens is 472 g/mol. The summed E-state index contributed by atoms with van der Waals surface area (Å²) in [5.74, 6) is 0.136. The highest BCUT2D eigenvalue weighted by Gasteiger charge is 2.71. The van der Waals surface area contributed by atoms with Crippen molar-refractivity contribution >= 4 is 39.2 Å². The highest BCUT2D eigenvalue weighted by Crippen LogP contribution is 2.71. The Hall–Kier alpha value is -2.67. The van der Waals surface area contributed by atoms with Gasteiger partial charge in [0.15, 0.2) is 0 Å². The van der Waals surface area contributed by atoms with Crippen LogP contribution in [0.15, 0.2) is 58.2 Å². The Morgan fingerprint density at radius 3 is 2.47 bits per heavy atom. The minimum absolute atomic E-state index is 0.0380. The average Bonchev–Trinajstić information content (AvgIpc) is 3.08. The van der Waals surface area contributed by atoms with Crippen molar-refractivity contribution in [2.24, 2.45) is 21.4 Å². The van der Waals surface area contributed by atoms with Gasteiger partial charge in [0, 0.05) is 28.1 Å². The van der Waals surface area contributed by atoms with Gasteiger partial charge in [0.25, 0.3) is 0 Å². The van der Waals surface area contributed by atoms with E-state index in [1.807, 2.05) is 18.2 Å². The summed E-state index contributed by atoms with van der Waals surface area (Å²) in [5.41, 5.74) is 0.564. The van der Waals surface area contributed by atoms with Crippen molar-refractivity contribution in [1.29, 1.82) is 0 Å². The summed E-state index contributed by atoms with van der Waals surface area (Å²) in [4.78, 5) is 31.4. The van der Waals surface area contributed by atoms with E-state index in [1.165, 1.54) is 0 Å². The van der Waals surface area contributed by atoms with E-state index in [4.69, 9.17) is 9.57 Å². The van der Waals surface area contributed by atoms with Crippen molar-refractivity contribution in [3.63, 3.8) is 0 Å². The number of methoxy groups -OCH3 is 1. The van der Waals surface area contributed by atoms with E-state index in [1.54, 1.807) is 37.4 Å². The first-order valence-corrected chi connectivity index (χ1v) is 11.4. The molecule has 0 heterocycles. The van der Waals surface area contributed by atoms with Crippen LogP contribution in [0.2, 0.25) is 0 Å². The second-order valence-electron chi connectivity index (χ2n) is 9.33. The average molecular weight is 499 g/mol. The molecule has 0 spiro atoms. The van der Waals surface area contributed by atoms with Crippen molar-refractivity contribution in [2.45, 2.75) is 40.0 Å². The number of oxime groups is 1. The number of fused-ring (bicyclic) bond motifs is 2. The Kier molecular flexibility index (Phi) is 5.65. The van der Waals surface area contributed by atoms with E-state index in [9.17, 15) is 9.59 Å². The molecule has 2 fully saturated rings. The van der Waals surface area contributed by atoms with E-state index < -0.39 is 11.4 Å². The van der Waals surface area contributed by atoms with E-state index in [2.05, 4.69) is 47.2 Å². The first-order valence-electron chi connectivity index (χ1n) is 10.6. The Bertz CT molecular complexity index is 1100. The lowest BCUT2D eigenvalue weighted by molar-refractivity contribution is -0.130. The molecule has 2 aliphatic rings. The summed E-state index contributed by atoms with van der Waals surface area (Å²) in [7, 11) is 1.60. The number of benzene rings is 2. The van der Waals surface area contributed by atoms with Gasteiger partial charge in [0.2, 0.25) is 5.91 Å². The first kappa shape index (κ1) is 22.5. The van der Waals surface area contributed by atoms with Gasteiger partial charge in [-0.15, -0.1) is 0 Å². The zero-order valence-electron chi connectivity index (χ0n) is 18.7. The highest BCUT2D eigenvalue weighted by molar-refractivity contribution is 9.10.